The lowest BCUT2D eigenvalue weighted by Crippen LogP contribution is -1.80. The predicted octanol–water partition coefficient (Wildman–Crippen LogP) is 3.84. The summed E-state index contributed by atoms with van der Waals surface area (Å²) < 4.78 is 0. The van der Waals surface area contributed by atoms with Gasteiger partial charge in [0.2, 0.25) is 0 Å². The van der Waals surface area contributed by atoms with E-state index in [4.69, 9.17) is 0 Å². The minimum absolute atomic E-state index is 1.10. The van der Waals surface area contributed by atoms with Crippen molar-refractivity contribution in [3.63, 3.8) is 0 Å². The summed E-state index contributed by atoms with van der Waals surface area (Å²) in [5.41, 5.74) is 2.83. The monoisotopic (exact) mass is 201 g/mol. The topological polar surface area (TPSA) is 0 Å². The molecule has 0 unspecified atom stereocenters. The zero-order valence-electron chi connectivity index (χ0n) is 8.02. The zero-order valence-corrected chi connectivity index (χ0v) is 8.84. The van der Waals surface area contributed by atoms with Crippen molar-refractivity contribution in [1.82, 2.24) is 0 Å². The summed E-state index contributed by atoms with van der Waals surface area (Å²) >= 11 is 1.96. The SMILES string of the molecule is c1ccc(CSC[c-]2cccc2)cc1. The average Bonchev–Trinajstić information content (AvgIpc) is 2.72. The third-order valence-electron chi connectivity index (χ3n) is 2.11. The van der Waals surface area contributed by atoms with Crippen molar-refractivity contribution in [3.8, 4) is 0 Å². The van der Waals surface area contributed by atoms with Gasteiger partial charge in [0.05, 0.1) is 0 Å². The molecule has 0 aromatic heterocycles. The van der Waals surface area contributed by atoms with Crippen molar-refractivity contribution in [2.75, 3.05) is 0 Å². The van der Waals surface area contributed by atoms with Gasteiger partial charge < -0.3 is 0 Å². The van der Waals surface area contributed by atoms with Crippen LogP contribution in [0, 0.1) is 0 Å². The molecule has 0 fully saturated rings. The van der Waals surface area contributed by atoms with Gasteiger partial charge in [0.25, 0.3) is 0 Å². The van der Waals surface area contributed by atoms with E-state index in [2.05, 4.69) is 54.6 Å². The molecule has 0 nitrogen and oxygen atoms in total. The number of benzene rings is 1. The molecule has 0 aliphatic carbocycles. The van der Waals surface area contributed by atoms with Crippen LogP contribution in [0.4, 0.5) is 0 Å². The predicted molar refractivity (Wildman–Crippen MR) is 63.5 cm³/mol. The summed E-state index contributed by atoms with van der Waals surface area (Å²) in [6.07, 6.45) is 0. The molecular weight excluding hydrogens is 188 g/mol. The van der Waals surface area contributed by atoms with Gasteiger partial charge in [0.1, 0.15) is 0 Å². The van der Waals surface area contributed by atoms with E-state index in [9.17, 15) is 0 Å². The van der Waals surface area contributed by atoms with Crippen molar-refractivity contribution < 1.29 is 0 Å². The Bertz CT molecular complexity index is 348. The molecule has 0 saturated carbocycles. The van der Waals surface area contributed by atoms with Crippen molar-refractivity contribution in [2.45, 2.75) is 11.5 Å². The fourth-order valence-corrected chi connectivity index (χ4v) is 2.33. The van der Waals surface area contributed by atoms with Crippen LogP contribution in [0.2, 0.25) is 0 Å². The summed E-state index contributed by atoms with van der Waals surface area (Å²) in [6, 6.07) is 19.2. The Morgan fingerprint density at radius 3 is 2.36 bits per heavy atom. The van der Waals surface area contributed by atoms with E-state index in [0.29, 0.717) is 0 Å². The summed E-state index contributed by atoms with van der Waals surface area (Å²) in [4.78, 5) is 0. The molecule has 0 heterocycles. The molecule has 0 amide bonds. The smallest absolute Gasteiger partial charge is 0.0177 e. The van der Waals surface area contributed by atoms with E-state index in [-0.39, 0.29) is 0 Å². The molecule has 2 aromatic rings. The standard InChI is InChI=1S/C13H13S/c1-2-6-12(7-3-1)10-14-11-13-8-4-5-9-13/h1-9H,10-11H2/q-1. The molecule has 0 spiro atoms. The quantitative estimate of drug-likeness (QED) is 0.677. The Morgan fingerprint density at radius 1 is 0.929 bits per heavy atom. The molecule has 0 radical (unpaired) electrons. The molecule has 0 saturated heterocycles. The van der Waals surface area contributed by atoms with E-state index in [0.717, 1.165) is 11.5 Å². The van der Waals surface area contributed by atoms with E-state index in [1.54, 1.807) is 0 Å². The van der Waals surface area contributed by atoms with Crippen LogP contribution >= 0.6 is 11.8 Å². The molecule has 0 bridgehead atoms. The second-order valence-electron chi connectivity index (χ2n) is 3.27. The minimum atomic E-state index is 1.10. The Morgan fingerprint density at radius 2 is 1.64 bits per heavy atom. The van der Waals surface area contributed by atoms with Gasteiger partial charge >= 0.3 is 0 Å². The normalized spacial score (nSPS) is 10.3. The number of hydrogen-bond acceptors (Lipinski definition) is 1. The summed E-state index contributed by atoms with van der Waals surface area (Å²) in [6.45, 7) is 0. The maximum absolute atomic E-state index is 2.18. The van der Waals surface area contributed by atoms with Gasteiger partial charge in [-0.3, -0.25) is 0 Å². The average molecular weight is 201 g/mol. The van der Waals surface area contributed by atoms with Crippen LogP contribution in [-0.2, 0) is 11.5 Å². The van der Waals surface area contributed by atoms with Crippen LogP contribution in [0.1, 0.15) is 11.1 Å². The molecule has 2 aromatic carbocycles. The highest BCUT2D eigenvalue weighted by molar-refractivity contribution is 7.97. The molecule has 2 rings (SSSR count). The summed E-state index contributed by atoms with van der Waals surface area (Å²) in [5, 5.41) is 0. The van der Waals surface area contributed by atoms with Crippen LogP contribution in [0.3, 0.4) is 0 Å². The van der Waals surface area contributed by atoms with Gasteiger partial charge in [-0.2, -0.15) is 23.9 Å². The first-order chi connectivity index (χ1) is 6.95. The highest BCUT2D eigenvalue weighted by Gasteiger charge is 1.90. The summed E-state index contributed by atoms with van der Waals surface area (Å²) in [5.74, 6) is 2.22. The van der Waals surface area contributed by atoms with E-state index in [1.165, 1.54) is 11.1 Å². The van der Waals surface area contributed by atoms with Crippen LogP contribution in [0.25, 0.3) is 0 Å². The first-order valence-electron chi connectivity index (χ1n) is 4.77. The van der Waals surface area contributed by atoms with Gasteiger partial charge in [0, 0.05) is 5.75 Å². The fourth-order valence-electron chi connectivity index (χ4n) is 1.37. The lowest BCUT2D eigenvalue weighted by atomic mass is 10.2. The largest absolute Gasteiger partial charge is 0.213 e. The number of hydrogen-bond donors (Lipinski definition) is 0. The lowest BCUT2D eigenvalue weighted by Gasteiger charge is -2.03. The second kappa shape index (κ2) is 4.97. The minimum Gasteiger partial charge on any atom is -0.213 e. The van der Waals surface area contributed by atoms with Crippen LogP contribution in [-0.4, -0.2) is 0 Å². The molecule has 72 valence electrons. The van der Waals surface area contributed by atoms with Crippen LogP contribution in [0.5, 0.6) is 0 Å². The maximum atomic E-state index is 2.18. The highest BCUT2D eigenvalue weighted by Crippen LogP contribution is 2.17. The van der Waals surface area contributed by atoms with Gasteiger partial charge in [-0.15, -0.1) is 5.56 Å². The van der Waals surface area contributed by atoms with Gasteiger partial charge in [-0.1, -0.05) is 30.3 Å². The molecule has 0 aliphatic heterocycles. The van der Waals surface area contributed by atoms with Crippen LogP contribution in [0.15, 0.2) is 54.6 Å². The zero-order chi connectivity index (χ0) is 9.64. The van der Waals surface area contributed by atoms with Crippen LogP contribution < -0.4 is 0 Å². The Hall–Kier alpha value is -1.08. The van der Waals surface area contributed by atoms with E-state index < -0.39 is 0 Å². The Labute approximate surface area is 89.3 Å². The van der Waals surface area contributed by atoms with Gasteiger partial charge in [-0.05, 0) is 11.3 Å². The first kappa shape index (κ1) is 9.47. The first-order valence-corrected chi connectivity index (χ1v) is 5.93. The van der Waals surface area contributed by atoms with Crippen molar-refractivity contribution in [3.05, 3.63) is 65.7 Å². The molecule has 14 heavy (non-hydrogen) atoms. The highest BCUT2D eigenvalue weighted by atomic mass is 32.2. The third-order valence-corrected chi connectivity index (χ3v) is 3.19. The van der Waals surface area contributed by atoms with Gasteiger partial charge in [0.15, 0.2) is 0 Å². The summed E-state index contributed by atoms with van der Waals surface area (Å²) in [7, 11) is 0. The second-order valence-corrected chi connectivity index (χ2v) is 4.26. The number of rotatable bonds is 4. The molecule has 0 N–H and O–H groups in total. The maximum Gasteiger partial charge on any atom is 0.0177 e. The lowest BCUT2D eigenvalue weighted by molar-refractivity contribution is 1.38. The third kappa shape index (κ3) is 2.71. The Kier molecular flexibility index (Phi) is 3.36. The van der Waals surface area contributed by atoms with E-state index in [1.807, 2.05) is 11.8 Å². The molecule has 1 heteroatoms. The molecule has 0 atom stereocenters. The van der Waals surface area contributed by atoms with Gasteiger partial charge in [-0.25, -0.2) is 12.1 Å². The van der Waals surface area contributed by atoms with Crippen molar-refractivity contribution in [2.24, 2.45) is 0 Å². The van der Waals surface area contributed by atoms with Crippen molar-refractivity contribution in [1.29, 1.82) is 0 Å². The number of thioether (sulfide) groups is 1. The van der Waals surface area contributed by atoms with Crippen molar-refractivity contribution >= 4 is 11.8 Å². The fraction of sp³-hybridized carbons (Fsp3) is 0.154. The Balaban J connectivity index is 1.79. The molecule has 0 aliphatic rings. The molecular formula is C13H13S-. The van der Waals surface area contributed by atoms with E-state index >= 15 is 0 Å².